The monoisotopic (exact) mass is 195 g/mol. The van der Waals surface area contributed by atoms with Gasteiger partial charge >= 0.3 is 0 Å². The molecule has 72 valence electrons. The Hall–Kier alpha value is -2.03. The topological polar surface area (TPSA) is 38.7 Å². The Morgan fingerprint density at radius 3 is 2.60 bits per heavy atom. The average molecular weight is 195 g/mol. The third-order valence-corrected chi connectivity index (χ3v) is 2.44. The summed E-state index contributed by atoms with van der Waals surface area (Å²) in [5.74, 6) is 0. The van der Waals surface area contributed by atoms with Crippen LogP contribution in [0.3, 0.4) is 0 Å². The number of rotatable bonds is 0. The van der Waals surface area contributed by atoms with Crippen LogP contribution in [0.5, 0.6) is 0 Å². The van der Waals surface area contributed by atoms with Crippen LogP contribution in [0.2, 0.25) is 0 Å². The molecular weight excluding hydrogens is 186 g/mol. The van der Waals surface area contributed by atoms with Crippen molar-refractivity contribution in [3.8, 4) is 0 Å². The van der Waals surface area contributed by atoms with Crippen molar-refractivity contribution in [2.75, 3.05) is 0 Å². The first-order valence-corrected chi connectivity index (χ1v) is 4.82. The minimum absolute atomic E-state index is 0.913. The molecule has 3 aromatic rings. The maximum atomic E-state index is 4.46. The number of benzene rings is 1. The van der Waals surface area contributed by atoms with E-state index in [-0.39, 0.29) is 0 Å². The van der Waals surface area contributed by atoms with Gasteiger partial charge in [0.15, 0.2) is 0 Å². The second-order valence-corrected chi connectivity index (χ2v) is 3.51. The van der Waals surface area contributed by atoms with E-state index in [1.807, 2.05) is 25.1 Å². The van der Waals surface area contributed by atoms with E-state index in [9.17, 15) is 0 Å². The number of fused-ring (bicyclic) bond motifs is 3. The lowest BCUT2D eigenvalue weighted by Crippen LogP contribution is -1.87. The second-order valence-electron chi connectivity index (χ2n) is 3.51. The summed E-state index contributed by atoms with van der Waals surface area (Å²) in [6.45, 7) is 1.99. The van der Waals surface area contributed by atoms with Crippen molar-refractivity contribution >= 4 is 21.9 Å². The van der Waals surface area contributed by atoms with E-state index in [4.69, 9.17) is 0 Å². The van der Waals surface area contributed by atoms with Gasteiger partial charge in [0, 0.05) is 23.5 Å². The maximum absolute atomic E-state index is 4.46. The van der Waals surface area contributed by atoms with Crippen molar-refractivity contribution in [3.05, 3.63) is 42.4 Å². The van der Waals surface area contributed by atoms with E-state index in [2.05, 4.69) is 21.0 Å². The summed E-state index contributed by atoms with van der Waals surface area (Å²) in [4.78, 5) is 13.1. The zero-order valence-electron chi connectivity index (χ0n) is 8.31. The fourth-order valence-corrected chi connectivity index (χ4v) is 1.74. The van der Waals surface area contributed by atoms with Gasteiger partial charge in [-0.25, -0.2) is 0 Å². The average Bonchev–Trinajstić information content (AvgIpc) is 2.28. The molecule has 2 aromatic heterocycles. The normalized spacial score (nSPS) is 11.0. The molecule has 3 nitrogen and oxygen atoms in total. The van der Waals surface area contributed by atoms with Gasteiger partial charge < -0.3 is 0 Å². The van der Waals surface area contributed by atoms with Gasteiger partial charge in [-0.1, -0.05) is 0 Å². The summed E-state index contributed by atoms with van der Waals surface area (Å²) >= 11 is 0. The van der Waals surface area contributed by atoms with Crippen molar-refractivity contribution in [1.29, 1.82) is 0 Å². The number of hydrogen-bond acceptors (Lipinski definition) is 3. The third-order valence-electron chi connectivity index (χ3n) is 2.44. The fourth-order valence-electron chi connectivity index (χ4n) is 1.74. The molecule has 3 rings (SSSR count). The molecule has 0 amide bonds. The van der Waals surface area contributed by atoms with Gasteiger partial charge in [-0.2, -0.15) is 0 Å². The van der Waals surface area contributed by atoms with Crippen LogP contribution in [0, 0.1) is 6.92 Å². The molecule has 0 N–H and O–H groups in total. The molecule has 0 aliphatic carbocycles. The number of pyridine rings is 1. The number of hydrogen-bond donors (Lipinski definition) is 0. The minimum Gasteiger partial charge on any atom is -0.253 e. The van der Waals surface area contributed by atoms with Gasteiger partial charge in [-0.05, 0) is 31.2 Å². The molecule has 0 saturated heterocycles. The van der Waals surface area contributed by atoms with Crippen molar-refractivity contribution in [2.45, 2.75) is 6.92 Å². The maximum Gasteiger partial charge on any atom is 0.0980 e. The molecule has 0 atom stereocenters. The van der Waals surface area contributed by atoms with E-state index in [1.165, 1.54) is 0 Å². The first kappa shape index (κ1) is 8.29. The molecule has 0 unspecified atom stereocenters. The van der Waals surface area contributed by atoms with E-state index < -0.39 is 0 Å². The SMILES string of the molecule is Cc1ccc2c(ccc3nccnc32)n1. The van der Waals surface area contributed by atoms with Crippen molar-refractivity contribution in [2.24, 2.45) is 0 Å². The van der Waals surface area contributed by atoms with E-state index in [1.54, 1.807) is 12.4 Å². The first-order valence-electron chi connectivity index (χ1n) is 4.82. The van der Waals surface area contributed by atoms with Crippen molar-refractivity contribution in [3.63, 3.8) is 0 Å². The lowest BCUT2D eigenvalue weighted by atomic mass is 10.1. The van der Waals surface area contributed by atoms with Crippen LogP contribution in [-0.2, 0) is 0 Å². The van der Waals surface area contributed by atoms with Crippen LogP contribution in [0.4, 0.5) is 0 Å². The predicted molar refractivity (Wildman–Crippen MR) is 59.6 cm³/mol. The smallest absolute Gasteiger partial charge is 0.0980 e. The van der Waals surface area contributed by atoms with Gasteiger partial charge in [-0.15, -0.1) is 0 Å². The van der Waals surface area contributed by atoms with Gasteiger partial charge in [0.1, 0.15) is 0 Å². The molecule has 2 heterocycles. The van der Waals surface area contributed by atoms with Gasteiger partial charge in [0.25, 0.3) is 0 Å². The minimum atomic E-state index is 0.913. The lowest BCUT2D eigenvalue weighted by Gasteiger charge is -2.01. The van der Waals surface area contributed by atoms with Crippen LogP contribution < -0.4 is 0 Å². The third kappa shape index (κ3) is 1.24. The van der Waals surface area contributed by atoms with Crippen molar-refractivity contribution in [1.82, 2.24) is 15.0 Å². The van der Waals surface area contributed by atoms with Gasteiger partial charge in [-0.3, -0.25) is 15.0 Å². The van der Waals surface area contributed by atoms with Crippen LogP contribution in [-0.4, -0.2) is 15.0 Å². The Labute approximate surface area is 86.8 Å². The highest BCUT2D eigenvalue weighted by Gasteiger charge is 2.02. The second kappa shape index (κ2) is 2.98. The first-order chi connectivity index (χ1) is 7.34. The zero-order chi connectivity index (χ0) is 10.3. The standard InChI is InChI=1S/C12H9N3/c1-8-2-3-9-10(15-8)4-5-11-12(9)14-7-6-13-11/h2-7H,1H3. The Morgan fingerprint density at radius 2 is 1.67 bits per heavy atom. The Balaban J connectivity index is 2.55. The summed E-state index contributed by atoms with van der Waals surface area (Å²) < 4.78 is 0. The highest BCUT2D eigenvalue weighted by atomic mass is 14.8. The van der Waals surface area contributed by atoms with E-state index >= 15 is 0 Å². The molecule has 0 radical (unpaired) electrons. The van der Waals surface area contributed by atoms with E-state index in [0.29, 0.717) is 0 Å². The lowest BCUT2D eigenvalue weighted by molar-refractivity contribution is 1.25. The van der Waals surface area contributed by atoms with Crippen LogP contribution in [0.25, 0.3) is 21.9 Å². The molecule has 3 heteroatoms. The summed E-state index contributed by atoms with van der Waals surface area (Å²) in [5.41, 5.74) is 3.83. The molecule has 0 bridgehead atoms. The predicted octanol–water partition coefficient (Wildman–Crippen LogP) is 2.49. The number of nitrogens with zero attached hydrogens (tertiary/aromatic N) is 3. The molecule has 0 fully saturated rings. The summed E-state index contributed by atoms with van der Waals surface area (Å²) in [5, 5.41) is 1.06. The van der Waals surface area contributed by atoms with Gasteiger partial charge in [0.2, 0.25) is 0 Å². The van der Waals surface area contributed by atoms with Crippen LogP contribution in [0.1, 0.15) is 5.69 Å². The largest absolute Gasteiger partial charge is 0.253 e. The Morgan fingerprint density at radius 1 is 0.867 bits per heavy atom. The Bertz CT molecular complexity index is 646. The van der Waals surface area contributed by atoms with Crippen molar-refractivity contribution < 1.29 is 0 Å². The van der Waals surface area contributed by atoms with Gasteiger partial charge in [0.05, 0.1) is 16.6 Å². The highest BCUT2D eigenvalue weighted by Crippen LogP contribution is 2.20. The molecule has 0 aliphatic heterocycles. The Kier molecular flexibility index (Phi) is 1.65. The van der Waals surface area contributed by atoms with Crippen LogP contribution in [0.15, 0.2) is 36.7 Å². The molecule has 15 heavy (non-hydrogen) atoms. The molecule has 0 saturated carbocycles. The molecule has 0 aliphatic rings. The highest BCUT2D eigenvalue weighted by molar-refractivity contribution is 6.01. The van der Waals surface area contributed by atoms with Crippen LogP contribution >= 0.6 is 0 Å². The number of aryl methyl sites for hydroxylation is 1. The summed E-state index contributed by atoms with van der Waals surface area (Å²) in [7, 11) is 0. The zero-order valence-corrected chi connectivity index (χ0v) is 8.31. The quantitative estimate of drug-likeness (QED) is 0.517. The summed E-state index contributed by atoms with van der Waals surface area (Å²) in [6, 6.07) is 7.99. The molecule has 0 spiro atoms. The van der Waals surface area contributed by atoms with E-state index in [0.717, 1.165) is 27.6 Å². The number of aromatic nitrogens is 3. The molecular formula is C12H9N3. The molecule has 1 aromatic carbocycles. The summed E-state index contributed by atoms with van der Waals surface area (Å²) in [6.07, 6.45) is 3.41. The fraction of sp³-hybridized carbons (Fsp3) is 0.0833.